The van der Waals surface area contributed by atoms with Crippen LogP contribution in [-0.4, -0.2) is 28.0 Å². The number of carbonyl (C=O) groups is 1. The lowest BCUT2D eigenvalue weighted by Crippen LogP contribution is -2.03. The molecule has 6 nitrogen and oxygen atoms in total. The van der Waals surface area contributed by atoms with Gasteiger partial charge >= 0.3 is 0 Å². The minimum absolute atomic E-state index is 0.685. The van der Waals surface area contributed by atoms with Gasteiger partial charge in [0.05, 0.1) is 11.4 Å². The fraction of sp³-hybridized carbons (Fsp3) is 0.118. The fourth-order valence-corrected chi connectivity index (χ4v) is 2.55. The van der Waals surface area contributed by atoms with Crippen molar-refractivity contribution in [1.29, 1.82) is 0 Å². The lowest BCUT2D eigenvalue weighted by Gasteiger charge is -2.08. The number of nitrogens with one attached hydrogen (secondary N) is 2. The van der Waals surface area contributed by atoms with E-state index in [9.17, 15) is 4.79 Å². The van der Waals surface area contributed by atoms with Crippen molar-refractivity contribution in [3.63, 3.8) is 0 Å². The molecule has 116 valence electrons. The summed E-state index contributed by atoms with van der Waals surface area (Å²) in [5.41, 5.74) is 3.65. The highest BCUT2D eigenvalue weighted by atomic mass is 16.1. The van der Waals surface area contributed by atoms with Crippen LogP contribution in [0.15, 0.2) is 48.8 Å². The van der Waals surface area contributed by atoms with Crippen molar-refractivity contribution in [3.05, 3.63) is 48.8 Å². The Morgan fingerprint density at radius 2 is 1.91 bits per heavy atom. The van der Waals surface area contributed by atoms with E-state index in [4.69, 9.17) is 0 Å². The van der Waals surface area contributed by atoms with E-state index in [2.05, 4.69) is 20.6 Å². The van der Waals surface area contributed by atoms with Crippen LogP contribution in [0.5, 0.6) is 0 Å². The third kappa shape index (κ3) is 2.78. The van der Waals surface area contributed by atoms with Crippen molar-refractivity contribution in [2.24, 2.45) is 7.05 Å². The topological polar surface area (TPSA) is 71.8 Å². The first-order valence-corrected chi connectivity index (χ1v) is 7.20. The van der Waals surface area contributed by atoms with Crippen LogP contribution in [0.4, 0.5) is 11.6 Å². The Kier molecular flexibility index (Phi) is 4.05. The number of anilines is 2. The van der Waals surface area contributed by atoms with Crippen LogP contribution >= 0.6 is 0 Å². The van der Waals surface area contributed by atoms with E-state index < -0.39 is 0 Å². The maximum Gasteiger partial charge on any atom is 0.212 e. The Labute approximate surface area is 134 Å². The zero-order valence-corrected chi connectivity index (χ0v) is 12.9. The van der Waals surface area contributed by atoms with Gasteiger partial charge in [-0.15, -0.1) is 0 Å². The second-order valence-corrected chi connectivity index (χ2v) is 5.02. The molecule has 1 aromatic carbocycles. The van der Waals surface area contributed by atoms with Crippen molar-refractivity contribution in [2.75, 3.05) is 17.7 Å². The number of hydrogen-bond acceptors (Lipinski definition) is 4. The normalized spacial score (nSPS) is 10.3. The zero-order chi connectivity index (χ0) is 16.2. The molecule has 0 aliphatic carbocycles. The molecule has 0 bridgehead atoms. The van der Waals surface area contributed by atoms with Crippen molar-refractivity contribution in [1.82, 2.24) is 14.5 Å². The largest absolute Gasteiger partial charge is 0.373 e. The number of amides is 1. The zero-order valence-electron chi connectivity index (χ0n) is 12.9. The Balaban J connectivity index is 2.17. The van der Waals surface area contributed by atoms with Gasteiger partial charge in [-0.3, -0.25) is 4.79 Å². The van der Waals surface area contributed by atoms with Crippen LogP contribution < -0.4 is 10.6 Å². The van der Waals surface area contributed by atoms with E-state index in [1.807, 2.05) is 61.1 Å². The number of benzene rings is 1. The summed E-state index contributed by atoms with van der Waals surface area (Å²) in [4.78, 5) is 19.5. The van der Waals surface area contributed by atoms with Gasteiger partial charge in [0.25, 0.3) is 0 Å². The third-order valence-electron chi connectivity index (χ3n) is 3.70. The number of rotatable bonds is 5. The molecular weight excluding hydrogens is 290 g/mol. The first-order valence-electron chi connectivity index (χ1n) is 7.20. The SMILES string of the molecule is CNc1cc(-c2cc(-c3ccccc3)c(NC=O)n2C)ncn1. The van der Waals surface area contributed by atoms with Gasteiger partial charge in [0, 0.05) is 25.7 Å². The number of aromatic nitrogens is 3. The Hall–Kier alpha value is -3.15. The molecule has 6 heteroatoms. The van der Waals surface area contributed by atoms with E-state index >= 15 is 0 Å². The standard InChI is InChI=1S/C17H17N5O/c1-18-16-9-14(19-10-20-16)15-8-13(12-6-4-3-5-7-12)17(21-11-23)22(15)2/h3-11H,1-2H3,(H,21,23)(H,18,19,20). The quantitative estimate of drug-likeness (QED) is 0.711. The van der Waals surface area contributed by atoms with Gasteiger partial charge in [0.15, 0.2) is 0 Å². The molecule has 0 aliphatic rings. The molecule has 0 saturated carbocycles. The summed E-state index contributed by atoms with van der Waals surface area (Å²) in [5, 5.41) is 5.79. The molecule has 0 atom stereocenters. The van der Waals surface area contributed by atoms with E-state index in [-0.39, 0.29) is 0 Å². The molecule has 2 N–H and O–H groups in total. The molecule has 0 aliphatic heterocycles. The molecule has 3 aromatic rings. The van der Waals surface area contributed by atoms with Crippen molar-refractivity contribution in [2.45, 2.75) is 0 Å². The predicted octanol–water partition coefficient (Wildman–Crippen LogP) is 2.76. The summed E-state index contributed by atoms with van der Waals surface area (Å²) < 4.78 is 1.92. The van der Waals surface area contributed by atoms with Gasteiger partial charge in [-0.1, -0.05) is 30.3 Å². The molecule has 23 heavy (non-hydrogen) atoms. The second-order valence-electron chi connectivity index (χ2n) is 5.02. The number of nitrogens with zero attached hydrogens (tertiary/aromatic N) is 3. The number of hydrogen-bond donors (Lipinski definition) is 2. The first-order chi connectivity index (χ1) is 11.2. The second kappa shape index (κ2) is 6.31. The van der Waals surface area contributed by atoms with Crippen LogP contribution in [0.3, 0.4) is 0 Å². The molecule has 2 heterocycles. The minimum Gasteiger partial charge on any atom is -0.373 e. The van der Waals surface area contributed by atoms with Crippen LogP contribution in [0.1, 0.15) is 0 Å². The molecule has 0 radical (unpaired) electrons. The van der Waals surface area contributed by atoms with Gasteiger partial charge in [0.1, 0.15) is 18.0 Å². The Morgan fingerprint density at radius 3 is 2.61 bits per heavy atom. The predicted molar refractivity (Wildman–Crippen MR) is 91.1 cm³/mol. The van der Waals surface area contributed by atoms with E-state index in [0.29, 0.717) is 6.41 Å². The summed E-state index contributed by atoms with van der Waals surface area (Å²) in [7, 11) is 3.71. The van der Waals surface area contributed by atoms with Crippen molar-refractivity contribution in [3.8, 4) is 22.5 Å². The molecule has 1 amide bonds. The van der Waals surface area contributed by atoms with Gasteiger partial charge in [0.2, 0.25) is 6.41 Å². The number of carbonyl (C=O) groups excluding carboxylic acids is 1. The lowest BCUT2D eigenvalue weighted by molar-refractivity contribution is -0.105. The van der Waals surface area contributed by atoms with Crippen LogP contribution in [0, 0.1) is 0 Å². The smallest absolute Gasteiger partial charge is 0.212 e. The minimum atomic E-state index is 0.685. The van der Waals surface area contributed by atoms with Gasteiger partial charge in [-0.25, -0.2) is 9.97 Å². The molecular formula is C17H17N5O. The summed E-state index contributed by atoms with van der Waals surface area (Å²) in [6.45, 7) is 0. The molecule has 0 fully saturated rings. The monoisotopic (exact) mass is 307 g/mol. The van der Waals surface area contributed by atoms with Crippen LogP contribution in [0.25, 0.3) is 22.5 Å². The van der Waals surface area contributed by atoms with Crippen LogP contribution in [-0.2, 0) is 11.8 Å². The van der Waals surface area contributed by atoms with E-state index in [1.54, 1.807) is 0 Å². The molecule has 3 rings (SSSR count). The maximum absolute atomic E-state index is 11.0. The summed E-state index contributed by atoms with van der Waals surface area (Å²) >= 11 is 0. The fourth-order valence-electron chi connectivity index (χ4n) is 2.55. The molecule has 0 spiro atoms. The van der Waals surface area contributed by atoms with Gasteiger partial charge in [-0.05, 0) is 11.6 Å². The lowest BCUT2D eigenvalue weighted by atomic mass is 10.1. The highest BCUT2D eigenvalue weighted by Gasteiger charge is 2.16. The molecule has 2 aromatic heterocycles. The molecule has 0 saturated heterocycles. The third-order valence-corrected chi connectivity index (χ3v) is 3.70. The maximum atomic E-state index is 11.0. The summed E-state index contributed by atoms with van der Waals surface area (Å²) in [5.74, 6) is 1.47. The van der Waals surface area contributed by atoms with E-state index in [0.717, 1.165) is 34.2 Å². The summed E-state index contributed by atoms with van der Waals surface area (Å²) in [6.07, 6.45) is 2.20. The van der Waals surface area contributed by atoms with Crippen molar-refractivity contribution >= 4 is 18.0 Å². The Morgan fingerprint density at radius 1 is 1.13 bits per heavy atom. The van der Waals surface area contributed by atoms with Crippen molar-refractivity contribution < 1.29 is 4.79 Å². The average Bonchev–Trinajstić information content (AvgIpc) is 2.93. The molecule has 0 unspecified atom stereocenters. The van der Waals surface area contributed by atoms with Gasteiger partial charge < -0.3 is 15.2 Å². The summed E-state index contributed by atoms with van der Waals surface area (Å²) in [6, 6.07) is 13.8. The average molecular weight is 307 g/mol. The highest BCUT2D eigenvalue weighted by molar-refractivity contribution is 5.87. The van der Waals surface area contributed by atoms with Gasteiger partial charge in [-0.2, -0.15) is 0 Å². The Bertz CT molecular complexity index is 826. The highest BCUT2D eigenvalue weighted by Crippen LogP contribution is 2.35. The van der Waals surface area contributed by atoms with Crippen LogP contribution in [0.2, 0.25) is 0 Å². The first kappa shape index (κ1) is 14.8. The van der Waals surface area contributed by atoms with E-state index in [1.165, 1.54) is 6.33 Å².